The van der Waals surface area contributed by atoms with Crippen molar-refractivity contribution in [1.29, 1.82) is 0 Å². The summed E-state index contributed by atoms with van der Waals surface area (Å²) < 4.78 is 6.30. The Morgan fingerprint density at radius 3 is 1.62 bits per heavy atom. The van der Waals surface area contributed by atoms with Gasteiger partial charge in [0.2, 0.25) is 0 Å². The van der Waals surface area contributed by atoms with E-state index < -0.39 is 26.5 Å². The van der Waals surface area contributed by atoms with Crippen LogP contribution in [0.25, 0.3) is 0 Å². The van der Waals surface area contributed by atoms with Gasteiger partial charge in [-0.25, -0.2) is 0 Å². The van der Waals surface area contributed by atoms with Crippen LogP contribution >= 0.6 is 0 Å². The molecule has 0 unspecified atom stereocenters. The predicted octanol–water partition coefficient (Wildman–Crippen LogP) is 7.20. The average molecular weight is 460 g/mol. The molecule has 0 saturated heterocycles. The number of likely N-dealkylation sites (N-methyl/N-ethyl adjacent to an activating group) is 1. The topological polar surface area (TPSA) is 3.24 Å². The van der Waals surface area contributed by atoms with Gasteiger partial charge in [-0.3, -0.25) is 0 Å². The normalized spacial score (nSPS) is 12.8. The Morgan fingerprint density at radius 2 is 1.29 bits per heavy atom. The van der Waals surface area contributed by atoms with Crippen LogP contribution in [0.3, 0.4) is 0 Å². The Morgan fingerprint density at radius 1 is 0.875 bits per heavy atom. The van der Waals surface area contributed by atoms with Gasteiger partial charge in [0.05, 0.1) is 0 Å². The molecule has 0 rings (SSSR count). The summed E-state index contributed by atoms with van der Waals surface area (Å²) in [6, 6.07) is 0. The zero-order valence-electron chi connectivity index (χ0n) is 18.1. The summed E-state index contributed by atoms with van der Waals surface area (Å²) in [6.07, 6.45) is 9.84. The third-order valence-electron chi connectivity index (χ3n) is 5.04. The molecule has 0 aromatic heterocycles. The van der Waals surface area contributed by atoms with Crippen LogP contribution < -0.4 is 0 Å². The van der Waals surface area contributed by atoms with Gasteiger partial charge in [-0.05, 0) is 0 Å². The summed E-state index contributed by atoms with van der Waals surface area (Å²) in [6.45, 7) is 20.2. The minimum absolute atomic E-state index is 1.01. The summed E-state index contributed by atoms with van der Waals surface area (Å²) in [5.74, 6) is 0. The molecule has 0 aromatic rings. The molecule has 0 N–H and O–H groups in total. The first-order valence-corrected chi connectivity index (χ1v) is 22.3. The molecule has 1 nitrogen and oxygen atoms in total. The Bertz CT molecular complexity index is 313. The molecule has 0 aromatic carbocycles. The van der Waals surface area contributed by atoms with E-state index in [0.717, 1.165) is 6.54 Å². The van der Waals surface area contributed by atoms with E-state index >= 15 is 0 Å². The fourth-order valence-electron chi connectivity index (χ4n) is 4.13. The summed E-state index contributed by atoms with van der Waals surface area (Å²) in [5, 5.41) is 0. The molecule has 0 heterocycles. The third-order valence-corrected chi connectivity index (χ3v) is 22.2. The van der Waals surface area contributed by atoms with Crippen molar-refractivity contribution < 1.29 is 0 Å². The first kappa shape index (κ1) is 24.7. The van der Waals surface area contributed by atoms with Crippen molar-refractivity contribution >= 4 is 26.5 Å². The number of rotatable bonds is 15. The summed E-state index contributed by atoms with van der Waals surface area (Å²) in [7, 11) is 1.30. The van der Waals surface area contributed by atoms with Crippen LogP contribution in [-0.4, -0.2) is 51.1 Å². The Hall–Kier alpha value is 0.716. The quantitative estimate of drug-likeness (QED) is 0.185. The van der Waals surface area contributed by atoms with E-state index in [1.165, 1.54) is 49.1 Å². The maximum atomic E-state index is 4.56. The van der Waals surface area contributed by atoms with Crippen LogP contribution in [0.5, 0.6) is 0 Å². The molecule has 0 spiro atoms. The van der Waals surface area contributed by atoms with Gasteiger partial charge in [0, 0.05) is 0 Å². The van der Waals surface area contributed by atoms with Crippen molar-refractivity contribution in [3.05, 3.63) is 12.2 Å². The van der Waals surface area contributed by atoms with E-state index in [9.17, 15) is 0 Å². The Balaban J connectivity index is 4.87. The molecule has 0 saturated carbocycles. The van der Waals surface area contributed by atoms with Crippen LogP contribution in [0, 0.1) is 0 Å². The van der Waals surface area contributed by atoms with E-state index in [1.807, 2.05) is 0 Å². The van der Waals surface area contributed by atoms with Gasteiger partial charge >= 0.3 is 160 Å². The molecule has 0 aliphatic carbocycles. The first-order valence-electron chi connectivity index (χ1n) is 10.5. The molecule has 144 valence electrons. The minimum atomic E-state index is -2.03. The molecule has 0 bridgehead atoms. The van der Waals surface area contributed by atoms with E-state index in [1.54, 1.807) is 18.9 Å². The van der Waals surface area contributed by atoms with Crippen LogP contribution in [0.1, 0.15) is 59.3 Å². The average Bonchev–Trinajstić information content (AvgIpc) is 2.46. The third kappa shape index (κ3) is 12.1. The summed E-state index contributed by atoms with van der Waals surface area (Å²) in [4.78, 5) is 2.56. The molecule has 0 fully saturated rings. The fraction of sp³-hybridized carbons (Fsp3) is 0.905. The van der Waals surface area contributed by atoms with E-state index in [0.29, 0.717) is 0 Å². The molecule has 3 heteroatoms. The second-order valence-electron chi connectivity index (χ2n) is 9.47. The molecule has 0 amide bonds. The van der Waals surface area contributed by atoms with Crippen molar-refractivity contribution in [2.75, 3.05) is 19.8 Å². The summed E-state index contributed by atoms with van der Waals surface area (Å²) in [5.41, 5.74) is 1.56. The van der Waals surface area contributed by atoms with E-state index in [2.05, 4.69) is 58.9 Å². The van der Waals surface area contributed by atoms with Crippen molar-refractivity contribution in [3.63, 3.8) is 0 Å². The zero-order chi connectivity index (χ0) is 18.6. The standard InChI is InChI=1S/C9H20NSi.3C4H9.Sn/c1-9(2)7-10(3)8-11(4,5)6;3*1-3-4-2;/h1-2,7-8H2,3-6H3;3*1,3-4H2,2H3;. The van der Waals surface area contributed by atoms with Crippen LogP contribution in [0.15, 0.2) is 12.2 Å². The number of unbranched alkanes of at least 4 members (excludes halogenated alkanes) is 3. The number of hydrogen-bond acceptors (Lipinski definition) is 1. The molecular formula is C21H47NSiSn. The summed E-state index contributed by atoms with van der Waals surface area (Å²) >= 11 is -2.03. The van der Waals surface area contributed by atoms with Crippen molar-refractivity contribution in [1.82, 2.24) is 4.90 Å². The van der Waals surface area contributed by atoms with Crippen LogP contribution in [-0.2, 0) is 0 Å². The Labute approximate surface area is 159 Å². The maximum absolute atomic E-state index is 4.56. The first-order chi connectivity index (χ1) is 11.2. The number of nitrogens with zero attached hydrogens (tertiary/aromatic N) is 1. The molecule has 0 atom stereocenters. The monoisotopic (exact) mass is 461 g/mol. The van der Waals surface area contributed by atoms with Crippen molar-refractivity contribution in [3.8, 4) is 0 Å². The van der Waals surface area contributed by atoms with Gasteiger partial charge in [-0.15, -0.1) is 0 Å². The SMILES string of the molecule is C=C(CN(C)C[Si](C)(C)C)[CH2][Sn]([CH2]CCC)([CH2]CCC)[CH2]CCC. The van der Waals surface area contributed by atoms with E-state index in [4.69, 9.17) is 0 Å². The van der Waals surface area contributed by atoms with Gasteiger partial charge in [0.15, 0.2) is 0 Å². The van der Waals surface area contributed by atoms with Gasteiger partial charge in [0.1, 0.15) is 0 Å². The van der Waals surface area contributed by atoms with Gasteiger partial charge in [-0.1, -0.05) is 0 Å². The van der Waals surface area contributed by atoms with Crippen molar-refractivity contribution in [2.45, 2.75) is 96.7 Å². The van der Waals surface area contributed by atoms with Crippen molar-refractivity contribution in [2.24, 2.45) is 0 Å². The molecule has 24 heavy (non-hydrogen) atoms. The Kier molecular flexibility index (Phi) is 13.4. The molecule has 0 aliphatic heterocycles. The van der Waals surface area contributed by atoms with Gasteiger partial charge in [-0.2, -0.15) is 0 Å². The van der Waals surface area contributed by atoms with E-state index in [-0.39, 0.29) is 0 Å². The fourth-order valence-corrected chi connectivity index (χ4v) is 22.3. The zero-order valence-corrected chi connectivity index (χ0v) is 22.0. The molecule has 0 radical (unpaired) electrons. The molecule has 0 aliphatic rings. The second kappa shape index (κ2) is 13.0. The number of hydrogen-bond donors (Lipinski definition) is 0. The van der Waals surface area contributed by atoms with Crippen LogP contribution in [0.4, 0.5) is 0 Å². The molecular weight excluding hydrogens is 413 g/mol. The van der Waals surface area contributed by atoms with Crippen LogP contribution in [0.2, 0.25) is 37.4 Å². The predicted molar refractivity (Wildman–Crippen MR) is 120 cm³/mol. The second-order valence-corrected chi connectivity index (χ2v) is 28.8. The van der Waals surface area contributed by atoms with Gasteiger partial charge < -0.3 is 0 Å². The van der Waals surface area contributed by atoms with Gasteiger partial charge in [0.25, 0.3) is 0 Å².